The molecule has 0 aromatic heterocycles. The van der Waals surface area contributed by atoms with E-state index in [1.807, 2.05) is 0 Å². The van der Waals surface area contributed by atoms with Gasteiger partial charge in [0.05, 0.1) is 6.61 Å². The summed E-state index contributed by atoms with van der Waals surface area (Å²) in [6.07, 6.45) is -0.679. The molecule has 1 N–H and O–H groups in total. The van der Waals surface area contributed by atoms with Crippen LogP contribution in [0.4, 0.5) is 13.2 Å². The third kappa shape index (κ3) is 3.96. The number of nitrogens with zero attached hydrogens (tertiary/aromatic N) is 1. The fourth-order valence-electron chi connectivity index (χ4n) is 3.20. The molecule has 0 saturated carbocycles. The van der Waals surface area contributed by atoms with Crippen molar-refractivity contribution in [3.8, 4) is 0 Å². The Labute approximate surface area is 118 Å². The van der Waals surface area contributed by atoms with Gasteiger partial charge in [-0.25, -0.2) is 0 Å². The van der Waals surface area contributed by atoms with Crippen LogP contribution in [0, 0.1) is 5.41 Å². The number of halogens is 3. The minimum Gasteiger partial charge on any atom is -0.384 e. The Morgan fingerprint density at radius 1 is 1.35 bits per heavy atom. The van der Waals surface area contributed by atoms with Crippen molar-refractivity contribution in [2.75, 3.05) is 46.4 Å². The molecule has 3 nitrogen and oxygen atoms in total. The molecule has 2 heterocycles. The van der Waals surface area contributed by atoms with Crippen LogP contribution < -0.4 is 5.32 Å². The average Bonchev–Trinajstić information content (AvgIpc) is 2.39. The molecule has 0 aromatic carbocycles. The monoisotopic (exact) mass is 292 g/mol. The number of alkyl halides is 3. The van der Waals surface area contributed by atoms with E-state index in [2.05, 4.69) is 10.2 Å². The molecule has 0 spiro atoms. The minimum absolute atomic E-state index is 0.0869. The molecule has 20 heavy (non-hydrogen) atoms. The third-order valence-electron chi connectivity index (χ3n) is 4.33. The Balaban J connectivity index is 1.94. The topological polar surface area (TPSA) is 24.5 Å². The van der Waals surface area contributed by atoms with Gasteiger partial charge in [-0.1, -0.05) is 6.08 Å². The lowest BCUT2D eigenvalue weighted by atomic mass is 9.79. The molecule has 2 aliphatic heterocycles. The molecule has 0 unspecified atom stereocenters. The first-order valence-electron chi connectivity index (χ1n) is 7.13. The van der Waals surface area contributed by atoms with Crippen LogP contribution in [-0.2, 0) is 4.74 Å². The number of nitrogens with one attached hydrogen (secondary N) is 1. The fraction of sp³-hybridized carbons (Fsp3) is 0.857. The van der Waals surface area contributed by atoms with Gasteiger partial charge in [-0.05, 0) is 32.4 Å². The summed E-state index contributed by atoms with van der Waals surface area (Å²) in [6, 6.07) is 0. The van der Waals surface area contributed by atoms with E-state index in [1.54, 1.807) is 7.11 Å². The maximum absolute atomic E-state index is 12.6. The average molecular weight is 292 g/mol. The maximum Gasteiger partial charge on any atom is 0.412 e. The zero-order chi connectivity index (χ0) is 14.6. The minimum atomic E-state index is -4.16. The van der Waals surface area contributed by atoms with Crippen molar-refractivity contribution < 1.29 is 17.9 Å². The van der Waals surface area contributed by atoms with Gasteiger partial charge in [0, 0.05) is 37.7 Å². The maximum atomic E-state index is 12.6. The summed E-state index contributed by atoms with van der Waals surface area (Å²) in [4.78, 5) is 2.12. The van der Waals surface area contributed by atoms with E-state index in [-0.39, 0.29) is 17.4 Å². The van der Waals surface area contributed by atoms with Gasteiger partial charge in [0.1, 0.15) is 0 Å². The molecule has 2 rings (SSSR count). The molecule has 6 heteroatoms. The zero-order valence-electron chi connectivity index (χ0n) is 11.9. The van der Waals surface area contributed by atoms with Gasteiger partial charge in [-0.3, -0.25) is 4.90 Å². The van der Waals surface area contributed by atoms with Gasteiger partial charge in [0.2, 0.25) is 0 Å². The van der Waals surface area contributed by atoms with Crippen LogP contribution >= 0.6 is 0 Å². The second-order valence-corrected chi connectivity index (χ2v) is 5.90. The number of piperidine rings is 1. The van der Waals surface area contributed by atoms with Crippen LogP contribution in [0.1, 0.15) is 19.3 Å². The lowest BCUT2D eigenvalue weighted by molar-refractivity contribution is -0.0965. The van der Waals surface area contributed by atoms with E-state index in [1.165, 1.54) is 6.08 Å². The molecule has 0 amide bonds. The van der Waals surface area contributed by atoms with Crippen molar-refractivity contribution in [2.45, 2.75) is 25.4 Å². The zero-order valence-corrected chi connectivity index (χ0v) is 11.9. The molecule has 0 aliphatic carbocycles. The van der Waals surface area contributed by atoms with Crippen LogP contribution in [0.15, 0.2) is 11.6 Å². The van der Waals surface area contributed by atoms with Gasteiger partial charge in [-0.2, -0.15) is 13.2 Å². The van der Waals surface area contributed by atoms with E-state index in [0.717, 1.165) is 32.5 Å². The Morgan fingerprint density at radius 2 is 2.05 bits per heavy atom. The van der Waals surface area contributed by atoms with Crippen molar-refractivity contribution in [3.63, 3.8) is 0 Å². The highest BCUT2D eigenvalue weighted by atomic mass is 19.4. The molecule has 0 atom stereocenters. The largest absolute Gasteiger partial charge is 0.412 e. The lowest BCUT2D eigenvalue weighted by Gasteiger charge is -2.41. The molecule has 1 saturated heterocycles. The molecule has 1 fully saturated rings. The van der Waals surface area contributed by atoms with Gasteiger partial charge >= 0.3 is 6.18 Å². The predicted molar refractivity (Wildman–Crippen MR) is 71.6 cm³/mol. The summed E-state index contributed by atoms with van der Waals surface area (Å²) < 4.78 is 43.2. The number of methoxy groups -OCH3 is 1. The third-order valence-corrected chi connectivity index (χ3v) is 4.33. The van der Waals surface area contributed by atoms with Crippen LogP contribution in [0.3, 0.4) is 0 Å². The van der Waals surface area contributed by atoms with Crippen LogP contribution in [0.2, 0.25) is 0 Å². The Kier molecular flexibility index (Phi) is 5.09. The van der Waals surface area contributed by atoms with Crippen LogP contribution in [0.5, 0.6) is 0 Å². The SMILES string of the molecule is COCC1(CN2CC=C(C(F)(F)F)CC2)CCNCC1. The Morgan fingerprint density at radius 3 is 2.55 bits per heavy atom. The summed E-state index contributed by atoms with van der Waals surface area (Å²) in [6.45, 7) is 4.31. The first kappa shape index (κ1) is 15.8. The quantitative estimate of drug-likeness (QED) is 0.804. The molecular weight excluding hydrogens is 269 g/mol. The first-order valence-corrected chi connectivity index (χ1v) is 7.13. The van der Waals surface area contributed by atoms with Crippen molar-refractivity contribution in [3.05, 3.63) is 11.6 Å². The van der Waals surface area contributed by atoms with E-state index >= 15 is 0 Å². The summed E-state index contributed by atoms with van der Waals surface area (Å²) >= 11 is 0. The van der Waals surface area contributed by atoms with Gasteiger partial charge in [0.25, 0.3) is 0 Å². The number of rotatable bonds is 4. The normalized spacial score (nSPS) is 24.5. The summed E-state index contributed by atoms with van der Waals surface area (Å²) in [7, 11) is 1.70. The van der Waals surface area contributed by atoms with Gasteiger partial charge in [0.15, 0.2) is 0 Å². The first-order chi connectivity index (χ1) is 9.45. The number of ether oxygens (including phenoxy) is 1. The molecule has 0 bridgehead atoms. The van der Waals surface area contributed by atoms with Crippen LogP contribution in [-0.4, -0.2) is 57.5 Å². The van der Waals surface area contributed by atoms with E-state index in [9.17, 15) is 13.2 Å². The van der Waals surface area contributed by atoms with E-state index in [0.29, 0.717) is 19.7 Å². The second-order valence-electron chi connectivity index (χ2n) is 5.90. The van der Waals surface area contributed by atoms with Gasteiger partial charge < -0.3 is 10.1 Å². The highest BCUT2D eigenvalue weighted by Gasteiger charge is 2.37. The highest BCUT2D eigenvalue weighted by molar-refractivity contribution is 5.13. The summed E-state index contributed by atoms with van der Waals surface area (Å²) in [5.41, 5.74) is -0.288. The second kappa shape index (κ2) is 6.45. The van der Waals surface area contributed by atoms with E-state index < -0.39 is 6.18 Å². The van der Waals surface area contributed by atoms with Crippen molar-refractivity contribution in [1.82, 2.24) is 10.2 Å². The molecule has 0 aromatic rings. The van der Waals surface area contributed by atoms with Crippen LogP contribution in [0.25, 0.3) is 0 Å². The molecule has 116 valence electrons. The molecule has 0 radical (unpaired) electrons. The fourth-order valence-corrected chi connectivity index (χ4v) is 3.20. The highest BCUT2D eigenvalue weighted by Crippen LogP contribution is 2.34. The lowest BCUT2D eigenvalue weighted by Crippen LogP contribution is -2.48. The Bertz CT molecular complexity index is 343. The Hall–Kier alpha value is -0.590. The summed E-state index contributed by atoms with van der Waals surface area (Å²) in [5.74, 6) is 0. The van der Waals surface area contributed by atoms with Gasteiger partial charge in [-0.15, -0.1) is 0 Å². The van der Waals surface area contributed by atoms with Crippen molar-refractivity contribution in [1.29, 1.82) is 0 Å². The molecular formula is C14H23F3N2O. The van der Waals surface area contributed by atoms with Crippen molar-refractivity contribution >= 4 is 0 Å². The van der Waals surface area contributed by atoms with E-state index in [4.69, 9.17) is 4.74 Å². The molecule has 2 aliphatic rings. The van der Waals surface area contributed by atoms with Crippen molar-refractivity contribution in [2.24, 2.45) is 5.41 Å². The standard InChI is InChI=1S/C14H23F3N2O/c1-20-11-13(4-6-18-7-5-13)10-19-8-2-12(3-9-19)14(15,16)17/h2,18H,3-11H2,1H3. The number of hydrogen-bond acceptors (Lipinski definition) is 3. The number of hydrogen-bond donors (Lipinski definition) is 1. The predicted octanol–water partition coefficient (Wildman–Crippen LogP) is 2.20. The summed E-state index contributed by atoms with van der Waals surface area (Å²) in [5, 5.41) is 3.33. The smallest absolute Gasteiger partial charge is 0.384 e.